The molecule has 2 saturated heterocycles. The molecule has 126 valence electrons. The van der Waals surface area contributed by atoms with Crippen LogP contribution in [0.3, 0.4) is 0 Å². The smallest absolute Gasteiger partial charge is 0.253 e. The third kappa shape index (κ3) is 4.03. The predicted molar refractivity (Wildman–Crippen MR) is 92.1 cm³/mol. The summed E-state index contributed by atoms with van der Waals surface area (Å²) in [6.07, 6.45) is 4.42. The summed E-state index contributed by atoms with van der Waals surface area (Å²) < 4.78 is 0. The minimum Gasteiger partial charge on any atom is -0.349 e. The van der Waals surface area contributed by atoms with E-state index in [0.29, 0.717) is 23.2 Å². The van der Waals surface area contributed by atoms with E-state index in [9.17, 15) is 9.59 Å². The van der Waals surface area contributed by atoms with E-state index in [-0.39, 0.29) is 30.3 Å². The number of carbonyl (C=O) groups is 2. The molecule has 2 N–H and O–H groups in total. The van der Waals surface area contributed by atoms with Crippen LogP contribution in [0.5, 0.6) is 0 Å². The molecular weight excluding hydrogens is 314 g/mol. The van der Waals surface area contributed by atoms with Gasteiger partial charge in [0.05, 0.1) is 0 Å². The Bertz CT molecular complexity index is 579. The Morgan fingerprint density at radius 2 is 1.74 bits per heavy atom. The van der Waals surface area contributed by atoms with Crippen molar-refractivity contribution >= 4 is 24.2 Å². The highest BCUT2D eigenvalue weighted by Crippen LogP contribution is 2.26. The molecule has 0 saturated carbocycles. The number of hydrogen-bond donors (Lipinski definition) is 2. The summed E-state index contributed by atoms with van der Waals surface area (Å²) in [5.74, 6) is -0.172. The van der Waals surface area contributed by atoms with Crippen LogP contribution in [-0.2, 0) is 0 Å². The highest BCUT2D eigenvalue weighted by atomic mass is 35.5. The fraction of sp³-hybridized carbons (Fsp3) is 0.529. The zero-order valence-corrected chi connectivity index (χ0v) is 14.4. The minimum atomic E-state index is -0.0884. The lowest BCUT2D eigenvalue weighted by atomic mass is 9.99. The maximum atomic E-state index is 12.4. The minimum absolute atomic E-state index is 0. The first-order valence-electron chi connectivity index (χ1n) is 7.91. The predicted octanol–water partition coefficient (Wildman–Crippen LogP) is 1.82. The highest BCUT2D eigenvalue weighted by molar-refractivity contribution is 5.99. The molecule has 2 unspecified atom stereocenters. The molecule has 2 amide bonds. The molecule has 1 aromatic rings. The molecule has 3 rings (SSSR count). The standard InChI is InChI=1S/C17H23N3O2.ClH/c1-20(2)17(22)12-5-3-4-11(8-12)16(21)19-15-9-13-6-7-14(10-15)18-13;/h3-5,8,13-15,18H,6-7,9-10H2,1-2H3,(H,19,21);1H. The maximum Gasteiger partial charge on any atom is 0.253 e. The number of amides is 2. The van der Waals surface area contributed by atoms with Gasteiger partial charge >= 0.3 is 0 Å². The summed E-state index contributed by atoms with van der Waals surface area (Å²) in [5.41, 5.74) is 1.10. The average Bonchev–Trinajstić information content (AvgIpc) is 2.85. The molecule has 0 aromatic heterocycles. The first kappa shape index (κ1) is 17.8. The number of benzene rings is 1. The SMILES string of the molecule is CN(C)C(=O)c1cccc(C(=O)NC2CC3CCC(C2)N3)c1.Cl. The molecule has 0 radical (unpaired) electrons. The largest absolute Gasteiger partial charge is 0.349 e. The van der Waals surface area contributed by atoms with Crippen LogP contribution in [0, 0.1) is 0 Å². The van der Waals surface area contributed by atoms with Gasteiger partial charge in [-0.05, 0) is 43.9 Å². The summed E-state index contributed by atoms with van der Waals surface area (Å²) in [7, 11) is 3.42. The van der Waals surface area contributed by atoms with Crippen molar-refractivity contribution in [3.8, 4) is 0 Å². The van der Waals surface area contributed by atoms with Crippen molar-refractivity contribution in [3.63, 3.8) is 0 Å². The summed E-state index contributed by atoms with van der Waals surface area (Å²) in [4.78, 5) is 25.9. The molecule has 2 heterocycles. The Labute approximate surface area is 143 Å². The molecule has 1 aromatic carbocycles. The van der Waals surface area contributed by atoms with Crippen LogP contribution < -0.4 is 10.6 Å². The quantitative estimate of drug-likeness (QED) is 0.884. The van der Waals surface area contributed by atoms with Crippen LogP contribution in [0.15, 0.2) is 24.3 Å². The van der Waals surface area contributed by atoms with E-state index in [0.717, 1.165) is 12.8 Å². The van der Waals surface area contributed by atoms with Crippen molar-refractivity contribution in [2.75, 3.05) is 14.1 Å². The topological polar surface area (TPSA) is 61.4 Å². The van der Waals surface area contributed by atoms with Gasteiger partial charge in [0.1, 0.15) is 0 Å². The van der Waals surface area contributed by atoms with Crippen LogP contribution in [0.1, 0.15) is 46.4 Å². The lowest BCUT2D eigenvalue weighted by Gasteiger charge is -2.29. The van der Waals surface area contributed by atoms with Gasteiger partial charge in [0.25, 0.3) is 11.8 Å². The third-order valence-electron chi connectivity index (χ3n) is 4.59. The zero-order chi connectivity index (χ0) is 15.7. The van der Waals surface area contributed by atoms with Crippen molar-refractivity contribution in [1.29, 1.82) is 0 Å². The summed E-state index contributed by atoms with van der Waals surface area (Å²) in [6.45, 7) is 0. The van der Waals surface area contributed by atoms with Gasteiger partial charge in [0.15, 0.2) is 0 Å². The van der Waals surface area contributed by atoms with Gasteiger partial charge in [-0.25, -0.2) is 0 Å². The molecule has 23 heavy (non-hydrogen) atoms. The molecular formula is C17H24ClN3O2. The molecule has 2 aliphatic heterocycles. The lowest BCUT2D eigenvalue weighted by molar-refractivity contribution is 0.0827. The Hall–Kier alpha value is -1.59. The van der Waals surface area contributed by atoms with Crippen LogP contribution in [0.4, 0.5) is 0 Å². The van der Waals surface area contributed by atoms with Gasteiger partial charge in [0, 0.05) is 43.3 Å². The summed E-state index contributed by atoms with van der Waals surface area (Å²) >= 11 is 0. The molecule has 5 nitrogen and oxygen atoms in total. The maximum absolute atomic E-state index is 12.4. The summed E-state index contributed by atoms with van der Waals surface area (Å²) in [5, 5.41) is 6.70. The van der Waals surface area contributed by atoms with Crippen LogP contribution >= 0.6 is 12.4 Å². The highest BCUT2D eigenvalue weighted by Gasteiger charge is 2.34. The molecule has 2 fully saturated rings. The number of hydrogen-bond acceptors (Lipinski definition) is 3. The Kier molecular flexibility index (Phi) is 5.65. The Balaban J connectivity index is 0.00000192. The van der Waals surface area contributed by atoms with Crippen molar-refractivity contribution in [3.05, 3.63) is 35.4 Å². The fourth-order valence-corrected chi connectivity index (χ4v) is 3.50. The van der Waals surface area contributed by atoms with E-state index in [1.54, 1.807) is 38.4 Å². The second kappa shape index (κ2) is 7.32. The van der Waals surface area contributed by atoms with E-state index < -0.39 is 0 Å². The lowest BCUT2D eigenvalue weighted by Crippen LogP contribution is -2.48. The second-order valence-corrected chi connectivity index (χ2v) is 6.56. The molecule has 2 bridgehead atoms. The molecule has 0 spiro atoms. The number of rotatable bonds is 3. The average molecular weight is 338 g/mol. The van der Waals surface area contributed by atoms with Gasteiger partial charge in [-0.2, -0.15) is 0 Å². The Morgan fingerprint density at radius 3 is 2.35 bits per heavy atom. The molecule has 2 atom stereocenters. The second-order valence-electron chi connectivity index (χ2n) is 6.56. The van der Waals surface area contributed by atoms with E-state index in [4.69, 9.17) is 0 Å². The fourth-order valence-electron chi connectivity index (χ4n) is 3.50. The van der Waals surface area contributed by atoms with Gasteiger partial charge in [-0.3, -0.25) is 9.59 Å². The number of piperidine rings is 1. The number of halogens is 1. The summed E-state index contributed by atoms with van der Waals surface area (Å²) in [6, 6.07) is 8.27. The molecule has 0 aliphatic carbocycles. The molecule has 2 aliphatic rings. The van der Waals surface area contributed by atoms with Crippen molar-refractivity contribution < 1.29 is 9.59 Å². The van der Waals surface area contributed by atoms with Crippen LogP contribution in [0.2, 0.25) is 0 Å². The van der Waals surface area contributed by atoms with E-state index in [2.05, 4.69) is 10.6 Å². The number of carbonyl (C=O) groups excluding carboxylic acids is 2. The first-order valence-corrected chi connectivity index (χ1v) is 7.91. The Morgan fingerprint density at radius 1 is 1.13 bits per heavy atom. The van der Waals surface area contributed by atoms with Crippen LogP contribution in [-0.4, -0.2) is 48.9 Å². The third-order valence-corrected chi connectivity index (χ3v) is 4.59. The number of fused-ring (bicyclic) bond motifs is 2. The number of nitrogens with zero attached hydrogens (tertiary/aromatic N) is 1. The molecule has 6 heteroatoms. The van der Waals surface area contributed by atoms with E-state index >= 15 is 0 Å². The van der Waals surface area contributed by atoms with Gasteiger partial charge < -0.3 is 15.5 Å². The zero-order valence-electron chi connectivity index (χ0n) is 13.5. The van der Waals surface area contributed by atoms with Crippen molar-refractivity contribution in [2.45, 2.75) is 43.8 Å². The van der Waals surface area contributed by atoms with Gasteiger partial charge in [0.2, 0.25) is 0 Å². The normalized spacial score (nSPS) is 25.4. The van der Waals surface area contributed by atoms with Crippen molar-refractivity contribution in [2.24, 2.45) is 0 Å². The van der Waals surface area contributed by atoms with Crippen LogP contribution in [0.25, 0.3) is 0 Å². The first-order chi connectivity index (χ1) is 10.5. The van der Waals surface area contributed by atoms with E-state index in [1.165, 1.54) is 17.7 Å². The van der Waals surface area contributed by atoms with Gasteiger partial charge in [-0.15, -0.1) is 12.4 Å². The van der Waals surface area contributed by atoms with E-state index in [1.807, 2.05) is 0 Å². The monoisotopic (exact) mass is 337 g/mol. The van der Waals surface area contributed by atoms with Gasteiger partial charge in [-0.1, -0.05) is 6.07 Å². The van der Waals surface area contributed by atoms with Crippen molar-refractivity contribution in [1.82, 2.24) is 15.5 Å². The number of nitrogens with one attached hydrogen (secondary N) is 2.